The van der Waals surface area contributed by atoms with E-state index in [1.165, 1.54) is 18.7 Å². The Morgan fingerprint density at radius 1 is 1.71 bits per heavy atom. The highest BCUT2D eigenvalue weighted by molar-refractivity contribution is 7.99. The molecule has 1 saturated heterocycles. The van der Waals surface area contributed by atoms with Crippen molar-refractivity contribution in [3.05, 3.63) is 0 Å². The number of aliphatic carboxylic acids is 1. The molecule has 2 N–H and O–H groups in total. The standard InChI is InChI=1S/C9H16O4S/c1-9(12,8(10)11)6-14-5-7-3-2-4-13-7/h7,12H,2-6H2,1H3,(H,10,11). The van der Waals surface area contributed by atoms with Crippen molar-refractivity contribution in [1.29, 1.82) is 0 Å². The van der Waals surface area contributed by atoms with Crippen LogP contribution >= 0.6 is 11.8 Å². The van der Waals surface area contributed by atoms with Gasteiger partial charge in [-0.1, -0.05) is 0 Å². The molecule has 14 heavy (non-hydrogen) atoms. The van der Waals surface area contributed by atoms with E-state index < -0.39 is 11.6 Å². The zero-order chi connectivity index (χ0) is 10.6. The second-order valence-corrected chi connectivity index (χ2v) is 4.76. The molecule has 1 fully saturated rings. The summed E-state index contributed by atoms with van der Waals surface area (Å²) in [5.41, 5.74) is -1.62. The van der Waals surface area contributed by atoms with Crippen LogP contribution in [0.4, 0.5) is 0 Å². The highest BCUT2D eigenvalue weighted by Gasteiger charge is 2.30. The summed E-state index contributed by atoms with van der Waals surface area (Å²) in [6, 6.07) is 0. The number of thioether (sulfide) groups is 1. The van der Waals surface area contributed by atoms with Gasteiger partial charge in [0.25, 0.3) is 0 Å². The Kier molecular flexibility index (Phi) is 4.22. The van der Waals surface area contributed by atoms with E-state index in [2.05, 4.69) is 0 Å². The summed E-state index contributed by atoms with van der Waals surface area (Å²) in [6.07, 6.45) is 2.37. The number of carboxylic acids is 1. The van der Waals surface area contributed by atoms with Gasteiger partial charge in [-0.15, -0.1) is 0 Å². The molecule has 1 aliphatic heterocycles. The van der Waals surface area contributed by atoms with E-state index in [0.717, 1.165) is 25.2 Å². The smallest absolute Gasteiger partial charge is 0.336 e. The number of hydrogen-bond donors (Lipinski definition) is 2. The number of ether oxygens (including phenoxy) is 1. The summed E-state index contributed by atoms with van der Waals surface area (Å²) in [5, 5.41) is 18.0. The summed E-state index contributed by atoms with van der Waals surface area (Å²) in [4.78, 5) is 10.6. The number of carboxylic acid groups (broad SMARTS) is 1. The van der Waals surface area contributed by atoms with Crippen molar-refractivity contribution in [1.82, 2.24) is 0 Å². The quantitative estimate of drug-likeness (QED) is 0.715. The van der Waals surface area contributed by atoms with Gasteiger partial charge >= 0.3 is 5.97 Å². The van der Waals surface area contributed by atoms with Crippen LogP contribution in [0.25, 0.3) is 0 Å². The Labute approximate surface area is 87.6 Å². The van der Waals surface area contributed by atoms with Crippen LogP contribution in [0.5, 0.6) is 0 Å². The fraction of sp³-hybridized carbons (Fsp3) is 0.889. The lowest BCUT2D eigenvalue weighted by atomic mass is 10.1. The van der Waals surface area contributed by atoms with Crippen LogP contribution in [0.3, 0.4) is 0 Å². The molecule has 1 rings (SSSR count). The van der Waals surface area contributed by atoms with Crippen molar-refractivity contribution < 1.29 is 19.7 Å². The predicted octanol–water partition coefficient (Wildman–Crippen LogP) is 0.734. The van der Waals surface area contributed by atoms with Gasteiger partial charge < -0.3 is 14.9 Å². The van der Waals surface area contributed by atoms with Crippen LogP contribution in [0.2, 0.25) is 0 Å². The lowest BCUT2D eigenvalue weighted by Gasteiger charge is -2.18. The van der Waals surface area contributed by atoms with Crippen LogP contribution in [0, 0.1) is 0 Å². The summed E-state index contributed by atoms with van der Waals surface area (Å²) >= 11 is 1.43. The highest BCUT2D eigenvalue weighted by atomic mass is 32.2. The Morgan fingerprint density at radius 3 is 2.93 bits per heavy atom. The minimum atomic E-state index is -1.62. The van der Waals surface area contributed by atoms with E-state index in [1.54, 1.807) is 0 Å². The molecule has 0 radical (unpaired) electrons. The number of aliphatic hydroxyl groups is 1. The van der Waals surface area contributed by atoms with Crippen molar-refractivity contribution in [3.8, 4) is 0 Å². The van der Waals surface area contributed by atoms with Gasteiger partial charge in [0.05, 0.1) is 6.10 Å². The van der Waals surface area contributed by atoms with E-state index in [1.807, 2.05) is 0 Å². The lowest BCUT2D eigenvalue weighted by Crippen LogP contribution is -2.37. The summed E-state index contributed by atoms with van der Waals surface area (Å²) in [7, 11) is 0. The largest absolute Gasteiger partial charge is 0.479 e. The molecule has 0 spiro atoms. The first-order chi connectivity index (χ1) is 6.52. The molecule has 2 atom stereocenters. The normalized spacial score (nSPS) is 26.0. The molecule has 1 heterocycles. The Morgan fingerprint density at radius 2 is 2.43 bits per heavy atom. The molecule has 5 heteroatoms. The molecule has 1 aliphatic rings. The van der Waals surface area contributed by atoms with E-state index in [-0.39, 0.29) is 11.9 Å². The second kappa shape index (κ2) is 5.00. The molecular weight excluding hydrogens is 204 g/mol. The van der Waals surface area contributed by atoms with Crippen LogP contribution in [-0.2, 0) is 9.53 Å². The monoisotopic (exact) mass is 220 g/mol. The summed E-state index contributed by atoms with van der Waals surface area (Å²) in [6.45, 7) is 2.12. The van der Waals surface area contributed by atoms with E-state index in [4.69, 9.17) is 9.84 Å². The molecule has 82 valence electrons. The zero-order valence-electron chi connectivity index (χ0n) is 8.23. The molecule has 0 aromatic heterocycles. The van der Waals surface area contributed by atoms with Gasteiger partial charge in [0, 0.05) is 18.1 Å². The van der Waals surface area contributed by atoms with Crippen LogP contribution in [-0.4, -0.2) is 46.0 Å². The number of hydrogen-bond acceptors (Lipinski definition) is 4. The third-order valence-electron chi connectivity index (χ3n) is 2.17. The maximum absolute atomic E-state index is 10.6. The summed E-state index contributed by atoms with van der Waals surface area (Å²) < 4.78 is 5.38. The van der Waals surface area contributed by atoms with Gasteiger partial charge in [0.1, 0.15) is 0 Å². The van der Waals surface area contributed by atoms with Crippen molar-refractivity contribution in [2.75, 3.05) is 18.1 Å². The van der Waals surface area contributed by atoms with Gasteiger partial charge in [-0.25, -0.2) is 4.79 Å². The van der Waals surface area contributed by atoms with Gasteiger partial charge in [-0.2, -0.15) is 11.8 Å². The third-order valence-corrected chi connectivity index (χ3v) is 3.55. The average molecular weight is 220 g/mol. The van der Waals surface area contributed by atoms with Crippen molar-refractivity contribution in [2.24, 2.45) is 0 Å². The molecule has 2 unspecified atom stereocenters. The minimum absolute atomic E-state index is 0.211. The average Bonchev–Trinajstić information content (AvgIpc) is 2.56. The molecule has 0 aromatic carbocycles. The van der Waals surface area contributed by atoms with E-state index in [0.29, 0.717) is 0 Å². The zero-order valence-corrected chi connectivity index (χ0v) is 9.05. The van der Waals surface area contributed by atoms with Crippen molar-refractivity contribution in [3.63, 3.8) is 0 Å². The van der Waals surface area contributed by atoms with Crippen LogP contribution < -0.4 is 0 Å². The molecule has 0 aliphatic carbocycles. The van der Waals surface area contributed by atoms with Gasteiger partial charge in [-0.3, -0.25) is 0 Å². The third kappa shape index (κ3) is 3.48. The first-order valence-corrected chi connectivity index (χ1v) is 5.83. The first-order valence-electron chi connectivity index (χ1n) is 4.67. The van der Waals surface area contributed by atoms with E-state index in [9.17, 15) is 9.90 Å². The fourth-order valence-corrected chi connectivity index (χ4v) is 2.39. The minimum Gasteiger partial charge on any atom is -0.479 e. The molecule has 4 nitrogen and oxygen atoms in total. The number of rotatable bonds is 5. The SMILES string of the molecule is CC(O)(CSCC1CCCO1)C(=O)O. The van der Waals surface area contributed by atoms with Crippen molar-refractivity contribution in [2.45, 2.75) is 31.5 Å². The van der Waals surface area contributed by atoms with Crippen LogP contribution in [0.1, 0.15) is 19.8 Å². The topological polar surface area (TPSA) is 66.8 Å². The maximum Gasteiger partial charge on any atom is 0.336 e. The lowest BCUT2D eigenvalue weighted by molar-refractivity contribution is -0.154. The molecule has 0 bridgehead atoms. The predicted molar refractivity (Wildman–Crippen MR) is 54.6 cm³/mol. The maximum atomic E-state index is 10.6. The van der Waals surface area contributed by atoms with Crippen LogP contribution in [0.15, 0.2) is 0 Å². The highest BCUT2D eigenvalue weighted by Crippen LogP contribution is 2.20. The Bertz CT molecular complexity index is 199. The molecule has 0 amide bonds. The Hall–Kier alpha value is -0.260. The van der Waals surface area contributed by atoms with Gasteiger partial charge in [-0.05, 0) is 19.8 Å². The number of carbonyl (C=O) groups is 1. The summed E-state index contributed by atoms with van der Waals surface area (Å²) in [5.74, 6) is -0.191. The molecular formula is C9H16O4S. The van der Waals surface area contributed by atoms with Gasteiger partial charge in [0.15, 0.2) is 5.60 Å². The molecule has 0 aromatic rings. The van der Waals surface area contributed by atoms with Gasteiger partial charge in [0.2, 0.25) is 0 Å². The van der Waals surface area contributed by atoms with E-state index >= 15 is 0 Å². The first kappa shape index (κ1) is 11.8. The second-order valence-electron chi connectivity index (χ2n) is 3.73. The fourth-order valence-electron chi connectivity index (χ4n) is 1.23. The van der Waals surface area contributed by atoms with Crippen molar-refractivity contribution >= 4 is 17.7 Å². The molecule has 0 saturated carbocycles. The Balaban J connectivity index is 2.16.